The lowest BCUT2D eigenvalue weighted by molar-refractivity contribution is 0.165. The zero-order valence-electron chi connectivity index (χ0n) is 67.3. The zero-order valence-corrected chi connectivity index (χ0v) is 67.3. The maximum absolute atomic E-state index is 12.2. The number of primary amides is 1. The SMILES string of the molecule is CC(C)NC(=O)N(C)C.CC1(NC(N)=O)CCCCC1.CC1CCNC(=O)N1.CCN(CC)C(=O)NC(C)C.CCNC(=O)N(C(C)C)C(C)C.CCNC(=O)N(C)C.CCNC(=O)N(C)c1ccccc1.CCNC(=O)N(Cc1ccccc1)Cc1ccccc1.CCNC(=O)N1CCCCC1. The number of nitrogens with one attached hydrogen (secondary N) is 10. The van der Waals surface area contributed by atoms with Crippen molar-refractivity contribution in [1.29, 1.82) is 0 Å². The van der Waals surface area contributed by atoms with Crippen LogP contribution >= 0.6 is 0 Å². The molecular formula is C76H140N18O9. The van der Waals surface area contributed by atoms with E-state index in [1.807, 2.05) is 216 Å². The van der Waals surface area contributed by atoms with Crippen molar-refractivity contribution in [2.24, 2.45) is 5.73 Å². The van der Waals surface area contributed by atoms with E-state index < -0.39 is 6.03 Å². The van der Waals surface area contributed by atoms with Crippen LogP contribution in [0.2, 0.25) is 0 Å². The molecule has 1 saturated carbocycles. The molecule has 1 aliphatic carbocycles. The van der Waals surface area contributed by atoms with Gasteiger partial charge in [-0.3, -0.25) is 4.90 Å². The summed E-state index contributed by atoms with van der Waals surface area (Å²) < 4.78 is 0. The Balaban J connectivity index is -0.00000111. The molecule has 27 heteroatoms. The lowest BCUT2D eigenvalue weighted by atomic mass is 9.83. The summed E-state index contributed by atoms with van der Waals surface area (Å²) >= 11 is 0. The molecule has 1 unspecified atom stereocenters. The Morgan fingerprint density at radius 2 is 0.913 bits per heavy atom. The van der Waals surface area contributed by atoms with Crippen molar-refractivity contribution >= 4 is 60.0 Å². The van der Waals surface area contributed by atoms with Gasteiger partial charge in [0.15, 0.2) is 0 Å². The number of carbonyl (C=O) groups is 9. The van der Waals surface area contributed by atoms with E-state index in [1.165, 1.54) is 35.5 Å². The highest BCUT2D eigenvalue weighted by Crippen LogP contribution is 2.27. The van der Waals surface area contributed by atoms with E-state index in [0.717, 1.165) is 88.2 Å². The molecule has 3 aliphatic rings. The van der Waals surface area contributed by atoms with E-state index in [9.17, 15) is 43.2 Å². The second-order valence-corrected chi connectivity index (χ2v) is 26.4. The Labute approximate surface area is 620 Å². The van der Waals surface area contributed by atoms with Crippen molar-refractivity contribution in [2.75, 3.05) is 106 Å². The van der Waals surface area contributed by atoms with Crippen LogP contribution < -0.4 is 63.8 Å². The number of para-hydroxylation sites is 1. The largest absolute Gasteiger partial charge is 0.352 e. The first-order valence-corrected chi connectivity index (χ1v) is 37.0. The van der Waals surface area contributed by atoms with Gasteiger partial charge < -0.3 is 88.3 Å². The molecular weight excluding hydrogens is 1310 g/mol. The average Bonchev–Trinajstić information content (AvgIpc) is 0.898. The van der Waals surface area contributed by atoms with E-state index in [4.69, 9.17) is 5.73 Å². The number of anilines is 1. The molecule has 1 atom stereocenters. The molecule has 6 rings (SSSR count). The number of rotatable bonds is 17. The highest BCUT2D eigenvalue weighted by Gasteiger charge is 2.27. The molecule has 12 N–H and O–H groups in total. The molecule has 0 bridgehead atoms. The number of likely N-dealkylation sites (tertiary alicyclic amines) is 1. The minimum absolute atomic E-state index is 0.0237. The van der Waals surface area contributed by atoms with Crippen molar-refractivity contribution in [3.63, 3.8) is 0 Å². The van der Waals surface area contributed by atoms with Gasteiger partial charge >= 0.3 is 54.3 Å². The summed E-state index contributed by atoms with van der Waals surface area (Å²) in [4.78, 5) is 112. The molecule has 2 aliphatic heterocycles. The minimum Gasteiger partial charge on any atom is -0.352 e. The monoisotopic (exact) mass is 1450 g/mol. The first-order valence-electron chi connectivity index (χ1n) is 37.0. The van der Waals surface area contributed by atoms with Gasteiger partial charge in [0.1, 0.15) is 0 Å². The zero-order chi connectivity index (χ0) is 78.9. The lowest BCUT2D eigenvalue weighted by Crippen LogP contribution is -2.49. The van der Waals surface area contributed by atoms with E-state index in [-0.39, 0.29) is 78.0 Å². The van der Waals surface area contributed by atoms with Crippen molar-refractivity contribution in [1.82, 2.24) is 82.6 Å². The van der Waals surface area contributed by atoms with Crippen LogP contribution in [-0.2, 0) is 13.1 Å². The number of hydrogen-bond donors (Lipinski definition) is 11. The van der Waals surface area contributed by atoms with Gasteiger partial charge in [-0.25, -0.2) is 43.2 Å². The Morgan fingerprint density at radius 3 is 1.26 bits per heavy atom. The van der Waals surface area contributed by atoms with Crippen LogP contribution in [0.3, 0.4) is 0 Å². The number of hydrogen-bond acceptors (Lipinski definition) is 9. The van der Waals surface area contributed by atoms with E-state index in [0.29, 0.717) is 45.3 Å². The summed E-state index contributed by atoms with van der Waals surface area (Å²) in [6, 6.07) is 30.5. The number of benzene rings is 3. The topological polar surface area (TPSA) is 323 Å². The van der Waals surface area contributed by atoms with Crippen LogP contribution in [-0.4, -0.2) is 220 Å². The van der Waals surface area contributed by atoms with Gasteiger partial charge in [0, 0.05) is 155 Å². The van der Waals surface area contributed by atoms with Crippen LogP contribution in [0.15, 0.2) is 91.0 Å². The molecule has 103 heavy (non-hydrogen) atoms. The van der Waals surface area contributed by atoms with Gasteiger partial charge in [-0.15, -0.1) is 0 Å². The highest BCUT2D eigenvalue weighted by molar-refractivity contribution is 5.91. The molecule has 0 spiro atoms. The molecule has 3 aromatic rings. The normalized spacial score (nSPS) is 13.5. The second kappa shape index (κ2) is 59.6. The van der Waals surface area contributed by atoms with Crippen LogP contribution in [0.4, 0.5) is 48.8 Å². The number of urea groups is 9. The molecule has 2 heterocycles. The number of carbonyl (C=O) groups excluding carboxylic acids is 9. The summed E-state index contributed by atoms with van der Waals surface area (Å²) in [5.41, 5.74) is 8.20. The summed E-state index contributed by atoms with van der Waals surface area (Å²) in [6.07, 6.45) is 10.5. The maximum atomic E-state index is 12.2. The molecule has 3 fully saturated rings. The van der Waals surface area contributed by atoms with Crippen LogP contribution in [0.1, 0.15) is 187 Å². The van der Waals surface area contributed by atoms with Gasteiger partial charge in [0.2, 0.25) is 0 Å². The van der Waals surface area contributed by atoms with Crippen molar-refractivity contribution in [3.8, 4) is 0 Å². The molecule has 18 amide bonds. The summed E-state index contributed by atoms with van der Waals surface area (Å²) in [5.74, 6) is 0. The fourth-order valence-electron chi connectivity index (χ4n) is 9.81. The average molecular weight is 1450 g/mol. The molecule has 2 saturated heterocycles. The second-order valence-electron chi connectivity index (χ2n) is 26.4. The molecule has 0 radical (unpaired) electrons. The number of nitrogens with two attached hydrogens (primary N) is 1. The molecule has 27 nitrogen and oxygen atoms in total. The summed E-state index contributed by atoms with van der Waals surface area (Å²) in [7, 11) is 8.62. The third kappa shape index (κ3) is 51.0. The van der Waals surface area contributed by atoms with E-state index in [1.54, 1.807) is 45.0 Å². The quantitative estimate of drug-likeness (QED) is 0.0611. The van der Waals surface area contributed by atoms with Crippen molar-refractivity contribution in [2.45, 2.75) is 224 Å². The molecule has 0 aromatic heterocycles. The van der Waals surface area contributed by atoms with Crippen LogP contribution in [0, 0.1) is 0 Å². The maximum Gasteiger partial charge on any atom is 0.321 e. The Morgan fingerprint density at radius 1 is 0.515 bits per heavy atom. The Kier molecular flexibility index (Phi) is 56.9. The van der Waals surface area contributed by atoms with Gasteiger partial charge in [0.25, 0.3) is 0 Å². The standard InChI is InChI=1S/C17H20N2O.C10H14N2O.C9H20N2O.2C8H16N2O.C8H18N2O.C6H14N2O.C5H10N2O.C5H12N2O/c1-2-18-17(20)19(13-15-9-5-3-6-10-15)14-16-11-7-4-8-12-16;1-3-11-10(13)12(2)9-7-5-4-6-8-9;1-6-10-9(12)11(7(2)3)8(4)5;1-8(10-7(9)11)5-3-2-4-6-8;1-2-9-8(11)10-6-4-3-5-7-10;1-5-10(6-2)8(11)9-7(3)4;1-5(2)7-6(9)8(3)4;1-4-2-3-6-5(8)7-4;1-4-6-5(8)7(2)3/h3-12H,2,13-14H2,1H3,(H,18,20);4-8H,3H2,1-2H3,(H,11,13);7-8H,6H2,1-5H3,(H,10,12);2-6H2,1H3,(H3,9,10,11);2-7H2,1H3,(H,9,11);7H,5-6H2,1-4H3,(H,9,11);5H,1-4H3,(H,7,9);4H,2-3H2,1H3,(H2,6,7,8);4H2,1-3H3,(H,6,8). The smallest absolute Gasteiger partial charge is 0.321 e. The summed E-state index contributed by atoms with van der Waals surface area (Å²) in [6.45, 7) is 42.3. The third-order valence-electron chi connectivity index (χ3n) is 15.1. The van der Waals surface area contributed by atoms with Gasteiger partial charge in [-0.1, -0.05) is 98.1 Å². The number of amides is 18. The molecule has 3 aromatic carbocycles. The Hall–Kier alpha value is -8.91. The lowest BCUT2D eigenvalue weighted by Gasteiger charge is -2.33. The number of nitrogens with zero attached hydrogens (tertiary/aromatic N) is 7. The molecule has 588 valence electrons. The fraction of sp³-hybridized carbons (Fsp3) is 0.645. The highest BCUT2D eigenvalue weighted by atomic mass is 16.2. The minimum atomic E-state index is -0.394. The van der Waals surface area contributed by atoms with E-state index in [2.05, 4.69) is 60.1 Å². The third-order valence-corrected chi connectivity index (χ3v) is 15.1. The Bertz CT molecular complexity index is 2660. The predicted molar refractivity (Wildman–Crippen MR) is 422 cm³/mol. The van der Waals surface area contributed by atoms with Gasteiger partial charge in [-0.05, 0) is 179 Å². The van der Waals surface area contributed by atoms with Crippen LogP contribution in [0.25, 0.3) is 0 Å². The van der Waals surface area contributed by atoms with Crippen LogP contribution in [0.5, 0.6) is 0 Å². The van der Waals surface area contributed by atoms with Gasteiger partial charge in [-0.2, -0.15) is 0 Å². The predicted octanol–water partition coefficient (Wildman–Crippen LogP) is 12.2. The van der Waals surface area contributed by atoms with Gasteiger partial charge in [0.05, 0.1) is 0 Å². The van der Waals surface area contributed by atoms with Crippen molar-refractivity contribution < 1.29 is 43.2 Å². The first-order chi connectivity index (χ1) is 48.6. The van der Waals surface area contributed by atoms with Crippen molar-refractivity contribution in [3.05, 3.63) is 102 Å². The fourth-order valence-corrected chi connectivity index (χ4v) is 9.81. The van der Waals surface area contributed by atoms with E-state index >= 15 is 0 Å². The summed E-state index contributed by atoms with van der Waals surface area (Å²) in [5, 5.41) is 27.6. The number of piperidine rings is 1. The first kappa shape index (κ1) is 98.3.